The number of sulfonamides is 1. The Kier molecular flexibility index (Phi) is 5.26. The topological polar surface area (TPSA) is 87.8 Å². The van der Waals surface area contributed by atoms with Gasteiger partial charge < -0.3 is 4.57 Å². The fraction of sp³-hybridized carbons (Fsp3) is 0.417. The van der Waals surface area contributed by atoms with Crippen LogP contribution in [0.4, 0.5) is 13.2 Å². The third-order valence-electron chi connectivity index (χ3n) is 6.87. The SMILES string of the molecule is Cc1ccc2c(C#N)c(-c3ccc(S(=O)(=O)NC4(C(F)(F)F)CC4)cn3)n(C3CCCC3)c2c1. The Bertz CT molecular complexity index is 1410. The first kappa shape index (κ1) is 22.9. The van der Waals surface area contributed by atoms with E-state index < -0.39 is 21.7 Å². The van der Waals surface area contributed by atoms with Gasteiger partial charge in [-0.1, -0.05) is 25.0 Å². The van der Waals surface area contributed by atoms with E-state index in [2.05, 4.69) is 15.6 Å². The maximum Gasteiger partial charge on any atom is 0.407 e. The highest BCUT2D eigenvalue weighted by Crippen LogP contribution is 2.49. The number of rotatable bonds is 5. The fourth-order valence-corrected chi connectivity index (χ4v) is 6.28. The summed E-state index contributed by atoms with van der Waals surface area (Å²) in [6.07, 6.45) is -0.0789. The highest BCUT2D eigenvalue weighted by molar-refractivity contribution is 7.89. The smallest absolute Gasteiger partial charge is 0.335 e. The largest absolute Gasteiger partial charge is 0.407 e. The van der Waals surface area contributed by atoms with Crippen molar-refractivity contribution in [1.82, 2.24) is 14.3 Å². The molecule has 0 radical (unpaired) electrons. The molecular weight excluding hydrogens is 465 g/mol. The van der Waals surface area contributed by atoms with Crippen LogP contribution in [0.2, 0.25) is 0 Å². The zero-order chi connectivity index (χ0) is 24.3. The maximum absolute atomic E-state index is 13.3. The second-order valence-electron chi connectivity index (χ2n) is 9.23. The van der Waals surface area contributed by atoms with E-state index in [-0.39, 0.29) is 23.8 Å². The number of hydrogen-bond donors (Lipinski definition) is 1. The quantitative estimate of drug-likeness (QED) is 0.523. The lowest BCUT2D eigenvalue weighted by molar-refractivity contribution is -0.160. The van der Waals surface area contributed by atoms with E-state index in [0.29, 0.717) is 17.0 Å². The van der Waals surface area contributed by atoms with E-state index in [4.69, 9.17) is 0 Å². The van der Waals surface area contributed by atoms with Crippen LogP contribution in [-0.2, 0) is 10.0 Å². The Morgan fingerprint density at radius 3 is 2.44 bits per heavy atom. The standard InChI is InChI=1S/C24H23F3N4O2S/c1-15-6-8-18-19(13-28)22(31(21(18)12-15)16-4-2-3-5-16)20-9-7-17(14-29-20)34(32,33)30-23(10-11-23)24(25,26)27/h6-9,12,14,16,30H,2-5,10-11H2,1H3. The van der Waals surface area contributed by atoms with Crippen LogP contribution in [0.15, 0.2) is 41.4 Å². The number of nitrogens with zero attached hydrogens (tertiary/aromatic N) is 3. The summed E-state index contributed by atoms with van der Waals surface area (Å²) in [7, 11) is -4.41. The summed E-state index contributed by atoms with van der Waals surface area (Å²) in [6.45, 7) is 1.98. The molecule has 2 aliphatic rings. The van der Waals surface area contributed by atoms with Crippen molar-refractivity contribution >= 4 is 20.9 Å². The number of nitrogens with one attached hydrogen (secondary N) is 1. The third-order valence-corrected chi connectivity index (χ3v) is 8.39. The fourth-order valence-electron chi connectivity index (χ4n) is 4.89. The number of halogens is 3. The minimum atomic E-state index is -4.66. The minimum Gasteiger partial charge on any atom is -0.335 e. The summed E-state index contributed by atoms with van der Waals surface area (Å²) in [5.74, 6) is 0. The van der Waals surface area contributed by atoms with E-state index in [1.807, 2.05) is 29.8 Å². The molecule has 2 aromatic heterocycles. The zero-order valence-electron chi connectivity index (χ0n) is 18.5. The molecule has 5 rings (SSSR count). The first-order chi connectivity index (χ1) is 16.1. The molecule has 10 heteroatoms. The number of benzene rings is 1. The van der Waals surface area contributed by atoms with Crippen molar-refractivity contribution in [3.8, 4) is 17.5 Å². The van der Waals surface area contributed by atoms with Gasteiger partial charge in [-0.25, -0.2) is 8.42 Å². The molecule has 178 valence electrons. The van der Waals surface area contributed by atoms with E-state index in [9.17, 15) is 26.9 Å². The molecule has 0 atom stereocenters. The van der Waals surface area contributed by atoms with Gasteiger partial charge in [0.05, 0.1) is 22.5 Å². The third kappa shape index (κ3) is 3.67. The molecular formula is C24H23F3N4O2S. The lowest BCUT2D eigenvalue weighted by Crippen LogP contribution is -2.47. The second-order valence-corrected chi connectivity index (χ2v) is 10.9. The van der Waals surface area contributed by atoms with Crippen LogP contribution in [0.25, 0.3) is 22.3 Å². The Labute approximate surface area is 195 Å². The highest BCUT2D eigenvalue weighted by atomic mass is 32.2. The Morgan fingerprint density at radius 1 is 1.18 bits per heavy atom. The molecule has 0 unspecified atom stereocenters. The van der Waals surface area contributed by atoms with Crippen LogP contribution in [0.1, 0.15) is 55.7 Å². The van der Waals surface area contributed by atoms with Crippen LogP contribution in [0.3, 0.4) is 0 Å². The van der Waals surface area contributed by atoms with E-state index in [1.54, 1.807) is 0 Å². The average Bonchev–Trinajstić information content (AvgIpc) is 3.25. The van der Waals surface area contributed by atoms with Gasteiger partial charge in [0.15, 0.2) is 0 Å². The van der Waals surface area contributed by atoms with Gasteiger partial charge in [0.1, 0.15) is 16.5 Å². The number of alkyl halides is 3. The normalized spacial score (nSPS) is 18.3. The van der Waals surface area contributed by atoms with Crippen molar-refractivity contribution in [2.75, 3.05) is 0 Å². The number of fused-ring (bicyclic) bond motifs is 1. The maximum atomic E-state index is 13.3. The number of aryl methyl sites for hydroxylation is 1. The van der Waals surface area contributed by atoms with Crippen molar-refractivity contribution in [3.63, 3.8) is 0 Å². The summed E-state index contributed by atoms with van der Waals surface area (Å²) in [4.78, 5) is 3.97. The summed E-state index contributed by atoms with van der Waals surface area (Å²) in [5, 5.41) is 10.8. The predicted molar refractivity (Wildman–Crippen MR) is 120 cm³/mol. The summed E-state index contributed by atoms with van der Waals surface area (Å²) in [5.41, 5.74) is 1.07. The number of nitriles is 1. The Morgan fingerprint density at radius 2 is 1.88 bits per heavy atom. The van der Waals surface area contributed by atoms with Crippen LogP contribution in [0.5, 0.6) is 0 Å². The monoisotopic (exact) mass is 488 g/mol. The highest BCUT2D eigenvalue weighted by Gasteiger charge is 2.65. The average molecular weight is 489 g/mol. The van der Waals surface area contributed by atoms with Crippen LogP contribution in [0, 0.1) is 18.3 Å². The summed E-state index contributed by atoms with van der Waals surface area (Å²) >= 11 is 0. The first-order valence-corrected chi connectivity index (χ1v) is 12.7. The van der Waals surface area contributed by atoms with Gasteiger partial charge in [-0.15, -0.1) is 0 Å². The minimum absolute atomic E-state index is 0.190. The Hall–Kier alpha value is -2.90. The second kappa shape index (κ2) is 7.82. The molecule has 1 aromatic carbocycles. The molecule has 2 saturated carbocycles. The molecule has 2 heterocycles. The molecule has 0 aliphatic heterocycles. The molecule has 34 heavy (non-hydrogen) atoms. The van der Waals surface area contributed by atoms with E-state index >= 15 is 0 Å². The van der Waals surface area contributed by atoms with Gasteiger partial charge in [-0.2, -0.15) is 23.2 Å². The predicted octanol–water partition coefficient (Wildman–Crippen LogP) is 5.37. The molecule has 0 saturated heterocycles. The Balaban J connectivity index is 1.59. The van der Waals surface area contributed by atoms with Gasteiger partial charge in [0.25, 0.3) is 0 Å². The number of hydrogen-bond acceptors (Lipinski definition) is 4. The van der Waals surface area contributed by atoms with Crippen LogP contribution in [-0.4, -0.2) is 29.7 Å². The van der Waals surface area contributed by atoms with Crippen molar-refractivity contribution in [1.29, 1.82) is 5.26 Å². The molecule has 2 aliphatic carbocycles. The van der Waals surface area contributed by atoms with Crippen LogP contribution >= 0.6 is 0 Å². The van der Waals surface area contributed by atoms with Crippen molar-refractivity contribution in [3.05, 3.63) is 47.7 Å². The molecule has 0 spiro atoms. The summed E-state index contributed by atoms with van der Waals surface area (Å²) in [6, 6.07) is 11.1. The van der Waals surface area contributed by atoms with E-state index in [0.717, 1.165) is 48.3 Å². The lowest BCUT2D eigenvalue weighted by Gasteiger charge is -2.21. The first-order valence-electron chi connectivity index (χ1n) is 11.2. The molecule has 2 fully saturated rings. The molecule has 6 nitrogen and oxygen atoms in total. The molecule has 3 aromatic rings. The molecule has 1 N–H and O–H groups in total. The van der Waals surface area contributed by atoms with E-state index in [1.165, 1.54) is 12.1 Å². The molecule has 0 bridgehead atoms. The summed E-state index contributed by atoms with van der Waals surface area (Å²) < 4.78 is 69.0. The van der Waals surface area contributed by atoms with Gasteiger partial charge >= 0.3 is 6.18 Å². The van der Waals surface area contributed by atoms with Gasteiger partial charge in [-0.05, 0) is 56.4 Å². The van der Waals surface area contributed by atoms with Crippen molar-refractivity contribution in [2.45, 2.75) is 68.1 Å². The lowest BCUT2D eigenvalue weighted by atomic mass is 10.1. The van der Waals surface area contributed by atoms with Gasteiger partial charge in [0, 0.05) is 17.6 Å². The van der Waals surface area contributed by atoms with Gasteiger partial charge in [0.2, 0.25) is 10.0 Å². The van der Waals surface area contributed by atoms with Gasteiger partial charge in [-0.3, -0.25) is 4.98 Å². The number of aromatic nitrogens is 2. The number of pyridine rings is 1. The van der Waals surface area contributed by atoms with Crippen molar-refractivity contribution in [2.24, 2.45) is 0 Å². The van der Waals surface area contributed by atoms with Crippen molar-refractivity contribution < 1.29 is 21.6 Å². The zero-order valence-corrected chi connectivity index (χ0v) is 19.3. The van der Waals surface area contributed by atoms with Crippen LogP contribution < -0.4 is 4.72 Å². The molecule has 0 amide bonds.